The highest BCUT2D eigenvalue weighted by Gasteiger charge is 2.29. The van der Waals surface area contributed by atoms with Crippen molar-refractivity contribution in [2.75, 3.05) is 26.1 Å². The van der Waals surface area contributed by atoms with Crippen LogP contribution in [0, 0.1) is 23.7 Å². The lowest BCUT2D eigenvalue weighted by atomic mass is 10.0. The van der Waals surface area contributed by atoms with Gasteiger partial charge in [0.2, 0.25) is 0 Å². The molecule has 33 heavy (non-hydrogen) atoms. The number of hydrogen-bond acceptors (Lipinski definition) is 3. The minimum absolute atomic E-state index is 0.391. The van der Waals surface area contributed by atoms with E-state index in [0.717, 1.165) is 17.8 Å². The maximum atomic E-state index is 12.7. The van der Waals surface area contributed by atoms with Crippen molar-refractivity contribution >= 4 is 11.7 Å². The van der Waals surface area contributed by atoms with Crippen molar-refractivity contribution < 1.29 is 22.7 Å². The Morgan fingerprint density at radius 3 is 1.94 bits per heavy atom. The minimum Gasteiger partial charge on any atom is -0.465 e. The number of rotatable bonds is 2. The average molecular weight is 447 g/mol. The monoisotopic (exact) mass is 447 g/mol. The van der Waals surface area contributed by atoms with Crippen LogP contribution in [0.5, 0.6) is 0 Å². The summed E-state index contributed by atoms with van der Waals surface area (Å²) in [6, 6.07) is 17.1. The van der Waals surface area contributed by atoms with Gasteiger partial charge in [0.05, 0.1) is 23.9 Å². The highest BCUT2D eigenvalue weighted by molar-refractivity contribution is 5.90. The molecule has 3 aromatic rings. The Labute approximate surface area is 190 Å². The molecule has 0 atom stereocenters. The van der Waals surface area contributed by atoms with E-state index in [1.807, 2.05) is 37.2 Å². The summed E-state index contributed by atoms with van der Waals surface area (Å²) in [7, 11) is 5.07. The van der Waals surface area contributed by atoms with Crippen LogP contribution in [0.2, 0.25) is 0 Å². The number of nitrogens with zero attached hydrogens (tertiary/aromatic N) is 1. The van der Waals surface area contributed by atoms with Crippen LogP contribution < -0.4 is 4.90 Å². The fourth-order valence-electron chi connectivity index (χ4n) is 2.99. The molecule has 0 aliphatic rings. The molecule has 0 N–H and O–H groups in total. The first-order valence-electron chi connectivity index (χ1n) is 9.89. The molecule has 6 heteroatoms. The van der Waals surface area contributed by atoms with Crippen LogP contribution >= 0.6 is 0 Å². The lowest BCUT2D eigenvalue weighted by Crippen LogP contribution is -2.11. The summed E-state index contributed by atoms with van der Waals surface area (Å²) in [6.07, 6.45) is -4.38. The van der Waals surface area contributed by atoms with E-state index < -0.39 is 17.7 Å². The van der Waals surface area contributed by atoms with E-state index in [2.05, 4.69) is 23.7 Å². The third kappa shape index (κ3) is 5.96. The van der Waals surface area contributed by atoms with Gasteiger partial charge in [0, 0.05) is 36.3 Å². The molecule has 0 aromatic heterocycles. The van der Waals surface area contributed by atoms with E-state index in [1.165, 1.54) is 19.2 Å². The second kappa shape index (κ2) is 9.97. The Hall–Kier alpha value is -4.16. The number of benzene rings is 3. The SMILES string of the molecule is COC(=O)c1ccc(N(C)C)c(C#Cc2ccccc2C#Cc2ccc(C(F)(F)F)cc2)c1. The quantitative estimate of drug-likeness (QED) is 0.391. The molecule has 166 valence electrons. The summed E-state index contributed by atoms with van der Waals surface area (Å²) >= 11 is 0. The van der Waals surface area contributed by atoms with Crippen LogP contribution in [0.4, 0.5) is 18.9 Å². The summed E-state index contributed by atoms with van der Waals surface area (Å²) in [4.78, 5) is 13.8. The Morgan fingerprint density at radius 1 is 0.818 bits per heavy atom. The molecule has 0 amide bonds. The fourth-order valence-corrected chi connectivity index (χ4v) is 2.99. The van der Waals surface area contributed by atoms with E-state index >= 15 is 0 Å². The zero-order valence-electron chi connectivity index (χ0n) is 18.2. The molecule has 0 aliphatic heterocycles. The van der Waals surface area contributed by atoms with Crippen molar-refractivity contribution in [3.8, 4) is 23.7 Å². The molecule has 0 spiro atoms. The average Bonchev–Trinajstić information content (AvgIpc) is 2.80. The number of anilines is 1. The molecule has 0 fully saturated rings. The molecule has 0 saturated carbocycles. The van der Waals surface area contributed by atoms with E-state index in [1.54, 1.807) is 24.3 Å². The largest absolute Gasteiger partial charge is 0.465 e. The lowest BCUT2D eigenvalue weighted by Gasteiger charge is -2.15. The normalized spacial score (nSPS) is 10.4. The predicted molar refractivity (Wildman–Crippen MR) is 122 cm³/mol. The first-order valence-corrected chi connectivity index (χ1v) is 9.89. The van der Waals surface area contributed by atoms with Crippen molar-refractivity contribution in [3.05, 3.63) is 100 Å². The van der Waals surface area contributed by atoms with Crippen molar-refractivity contribution in [2.45, 2.75) is 6.18 Å². The van der Waals surface area contributed by atoms with Crippen LogP contribution in [-0.4, -0.2) is 27.2 Å². The highest BCUT2D eigenvalue weighted by Crippen LogP contribution is 2.29. The van der Waals surface area contributed by atoms with Gasteiger partial charge in [0.1, 0.15) is 0 Å². The number of ether oxygens (including phenoxy) is 1. The highest BCUT2D eigenvalue weighted by atomic mass is 19.4. The van der Waals surface area contributed by atoms with Gasteiger partial charge in [0.15, 0.2) is 0 Å². The van der Waals surface area contributed by atoms with E-state index in [-0.39, 0.29) is 0 Å². The van der Waals surface area contributed by atoms with E-state index in [0.29, 0.717) is 27.8 Å². The molecular weight excluding hydrogens is 427 g/mol. The Morgan fingerprint density at radius 2 is 1.39 bits per heavy atom. The Bertz CT molecular complexity index is 1290. The van der Waals surface area contributed by atoms with Crippen molar-refractivity contribution in [2.24, 2.45) is 0 Å². The minimum atomic E-state index is -4.38. The van der Waals surface area contributed by atoms with Gasteiger partial charge >= 0.3 is 12.1 Å². The maximum Gasteiger partial charge on any atom is 0.416 e. The number of hydrogen-bond donors (Lipinski definition) is 0. The molecule has 0 saturated heterocycles. The standard InChI is InChI=1S/C27H20F3NO2/c1-31(2)25-17-14-23(26(32)33-3)18-22(25)13-12-21-7-5-4-6-20(21)11-8-19-9-15-24(16-10-19)27(28,29)30/h4-7,9-10,14-18H,1-3H3. The zero-order valence-corrected chi connectivity index (χ0v) is 18.2. The van der Waals surface area contributed by atoms with Crippen molar-refractivity contribution in [1.29, 1.82) is 0 Å². The van der Waals surface area contributed by atoms with Crippen LogP contribution in [-0.2, 0) is 10.9 Å². The molecule has 0 radical (unpaired) electrons. The van der Waals surface area contributed by atoms with Crippen LogP contribution in [0.25, 0.3) is 0 Å². The Balaban J connectivity index is 1.96. The third-order valence-corrected chi connectivity index (χ3v) is 4.71. The van der Waals surface area contributed by atoms with Gasteiger partial charge in [-0.15, -0.1) is 0 Å². The number of alkyl halides is 3. The Kier molecular flexibility index (Phi) is 7.10. The second-order valence-electron chi connectivity index (χ2n) is 7.24. The summed E-state index contributed by atoms with van der Waals surface area (Å²) in [5.41, 5.74) is 2.92. The number of carbonyl (C=O) groups is 1. The van der Waals surface area contributed by atoms with Crippen molar-refractivity contribution in [3.63, 3.8) is 0 Å². The smallest absolute Gasteiger partial charge is 0.416 e. The van der Waals surface area contributed by atoms with Gasteiger partial charge in [-0.2, -0.15) is 13.2 Å². The van der Waals surface area contributed by atoms with Gasteiger partial charge < -0.3 is 9.64 Å². The molecule has 3 aromatic carbocycles. The first kappa shape index (κ1) is 23.5. The topological polar surface area (TPSA) is 29.5 Å². The molecule has 3 nitrogen and oxygen atoms in total. The molecule has 3 rings (SSSR count). The summed E-state index contributed by atoms with van der Waals surface area (Å²) in [5.74, 6) is 11.6. The molecule has 0 bridgehead atoms. The third-order valence-electron chi connectivity index (χ3n) is 4.71. The zero-order chi connectivity index (χ0) is 24.0. The summed E-state index contributed by atoms with van der Waals surface area (Å²) < 4.78 is 43.0. The number of esters is 1. The molecular formula is C27H20F3NO2. The number of halogens is 3. The molecule has 0 heterocycles. The van der Waals surface area contributed by atoms with Crippen molar-refractivity contribution in [1.82, 2.24) is 0 Å². The fraction of sp³-hybridized carbons (Fsp3) is 0.148. The lowest BCUT2D eigenvalue weighted by molar-refractivity contribution is -0.137. The number of carbonyl (C=O) groups excluding carboxylic acids is 1. The van der Waals surface area contributed by atoms with Gasteiger partial charge in [0.25, 0.3) is 0 Å². The van der Waals surface area contributed by atoms with Gasteiger partial charge in [-0.05, 0) is 54.6 Å². The molecule has 0 aliphatic carbocycles. The van der Waals surface area contributed by atoms with Gasteiger partial charge in [-0.25, -0.2) is 4.79 Å². The predicted octanol–water partition coefficient (Wildman–Crippen LogP) is 5.36. The van der Waals surface area contributed by atoms with E-state index in [9.17, 15) is 18.0 Å². The van der Waals surface area contributed by atoms with Gasteiger partial charge in [-0.3, -0.25) is 0 Å². The summed E-state index contributed by atoms with van der Waals surface area (Å²) in [6.45, 7) is 0. The van der Waals surface area contributed by atoms with Gasteiger partial charge in [-0.1, -0.05) is 35.8 Å². The van der Waals surface area contributed by atoms with Crippen LogP contribution in [0.1, 0.15) is 38.2 Å². The maximum absolute atomic E-state index is 12.7. The number of methoxy groups -OCH3 is 1. The van der Waals surface area contributed by atoms with E-state index in [4.69, 9.17) is 4.74 Å². The van der Waals surface area contributed by atoms with Crippen LogP contribution in [0.15, 0.2) is 66.7 Å². The summed E-state index contributed by atoms with van der Waals surface area (Å²) in [5, 5.41) is 0. The molecule has 0 unspecified atom stereocenters. The second-order valence-corrected chi connectivity index (χ2v) is 7.24. The first-order chi connectivity index (χ1) is 15.7. The van der Waals surface area contributed by atoms with Crippen LogP contribution in [0.3, 0.4) is 0 Å².